The van der Waals surface area contributed by atoms with Gasteiger partial charge in [-0.2, -0.15) is 13.2 Å². The van der Waals surface area contributed by atoms with E-state index in [0.717, 1.165) is 17.7 Å². The highest BCUT2D eigenvalue weighted by Gasteiger charge is 2.41. The summed E-state index contributed by atoms with van der Waals surface area (Å²) in [6.07, 6.45) is -1.31. The summed E-state index contributed by atoms with van der Waals surface area (Å²) in [7, 11) is 0. The van der Waals surface area contributed by atoms with Gasteiger partial charge in [-0.05, 0) is 38.7 Å². The normalized spacial score (nSPS) is 17.3. The minimum Gasteiger partial charge on any atom is -0.469 e. The summed E-state index contributed by atoms with van der Waals surface area (Å²) in [5.41, 5.74) is 0.205. The summed E-state index contributed by atoms with van der Waals surface area (Å²) in [4.78, 5) is 13.2. The van der Waals surface area contributed by atoms with Gasteiger partial charge in [0.2, 0.25) is 0 Å². The average molecular weight is 275 g/mol. The number of aryl methyl sites for hydroxylation is 1. The lowest BCUT2D eigenvalue weighted by Gasteiger charge is -2.30. The van der Waals surface area contributed by atoms with E-state index in [-0.39, 0.29) is 11.5 Å². The number of carbonyl (C=O) groups is 1. The first-order valence-electron chi connectivity index (χ1n) is 6.21. The van der Waals surface area contributed by atoms with Gasteiger partial charge in [0.05, 0.1) is 11.8 Å². The van der Waals surface area contributed by atoms with Crippen LogP contribution in [0, 0.1) is 12.8 Å². The molecule has 1 saturated carbocycles. The average Bonchev–Trinajstić information content (AvgIpc) is 3.06. The van der Waals surface area contributed by atoms with Crippen molar-refractivity contribution in [1.29, 1.82) is 0 Å². The molecule has 1 aliphatic rings. The SMILES string of the molecule is Cc1occc1C(=O)N(CC(F)(F)F)[C@H](C)C1CC1. The van der Waals surface area contributed by atoms with Crippen molar-refractivity contribution in [1.82, 2.24) is 4.90 Å². The lowest BCUT2D eigenvalue weighted by Crippen LogP contribution is -2.45. The van der Waals surface area contributed by atoms with Crippen molar-refractivity contribution in [2.24, 2.45) is 5.92 Å². The first-order valence-corrected chi connectivity index (χ1v) is 6.21. The Kier molecular flexibility index (Phi) is 3.60. The maximum absolute atomic E-state index is 12.6. The van der Waals surface area contributed by atoms with Crippen LogP contribution in [-0.2, 0) is 0 Å². The van der Waals surface area contributed by atoms with E-state index in [1.807, 2.05) is 0 Å². The van der Waals surface area contributed by atoms with Crippen molar-refractivity contribution < 1.29 is 22.4 Å². The molecule has 0 unspecified atom stereocenters. The predicted molar refractivity (Wildman–Crippen MR) is 62.7 cm³/mol. The van der Waals surface area contributed by atoms with Crippen molar-refractivity contribution in [2.45, 2.75) is 38.9 Å². The van der Waals surface area contributed by atoms with Crippen LogP contribution in [0.2, 0.25) is 0 Å². The number of amides is 1. The molecule has 1 aromatic heterocycles. The number of nitrogens with zero attached hydrogens (tertiary/aromatic N) is 1. The van der Waals surface area contributed by atoms with Crippen LogP contribution in [0.25, 0.3) is 0 Å². The molecule has 1 atom stereocenters. The van der Waals surface area contributed by atoms with Crippen molar-refractivity contribution in [3.05, 3.63) is 23.7 Å². The molecule has 1 heterocycles. The van der Waals surface area contributed by atoms with Crippen LogP contribution in [-0.4, -0.2) is 29.6 Å². The lowest BCUT2D eigenvalue weighted by molar-refractivity contribution is -0.144. The Labute approximate surface area is 109 Å². The highest BCUT2D eigenvalue weighted by molar-refractivity contribution is 5.95. The highest BCUT2D eigenvalue weighted by atomic mass is 19.4. The van der Waals surface area contributed by atoms with Gasteiger partial charge in [-0.1, -0.05) is 0 Å². The van der Waals surface area contributed by atoms with Crippen molar-refractivity contribution in [2.75, 3.05) is 6.54 Å². The number of furan rings is 1. The summed E-state index contributed by atoms with van der Waals surface area (Å²) in [5.74, 6) is -0.0818. The van der Waals surface area contributed by atoms with E-state index in [9.17, 15) is 18.0 Å². The fourth-order valence-electron chi connectivity index (χ4n) is 2.19. The lowest BCUT2D eigenvalue weighted by atomic mass is 10.1. The fourth-order valence-corrected chi connectivity index (χ4v) is 2.19. The van der Waals surface area contributed by atoms with Gasteiger partial charge in [0.25, 0.3) is 5.91 Å². The molecule has 0 saturated heterocycles. The zero-order valence-corrected chi connectivity index (χ0v) is 10.8. The van der Waals surface area contributed by atoms with Gasteiger partial charge in [0, 0.05) is 6.04 Å². The van der Waals surface area contributed by atoms with Gasteiger partial charge in [-0.3, -0.25) is 4.79 Å². The monoisotopic (exact) mass is 275 g/mol. The molecule has 0 aromatic carbocycles. The number of halogens is 3. The number of rotatable bonds is 4. The smallest absolute Gasteiger partial charge is 0.406 e. The van der Waals surface area contributed by atoms with E-state index in [4.69, 9.17) is 4.42 Å². The van der Waals surface area contributed by atoms with Crippen LogP contribution >= 0.6 is 0 Å². The molecule has 0 spiro atoms. The molecule has 6 heteroatoms. The fraction of sp³-hybridized carbons (Fsp3) is 0.615. The Bertz CT molecular complexity index is 463. The van der Waals surface area contributed by atoms with E-state index in [1.165, 1.54) is 12.3 Å². The summed E-state index contributed by atoms with van der Waals surface area (Å²) < 4.78 is 42.9. The third-order valence-corrected chi connectivity index (χ3v) is 3.50. The topological polar surface area (TPSA) is 33.5 Å². The van der Waals surface area contributed by atoms with Gasteiger partial charge in [-0.15, -0.1) is 0 Å². The van der Waals surface area contributed by atoms with Crippen LogP contribution < -0.4 is 0 Å². The molecule has 0 N–H and O–H groups in total. The minimum absolute atomic E-state index is 0.179. The van der Waals surface area contributed by atoms with Crippen LogP contribution in [0.3, 0.4) is 0 Å². The largest absolute Gasteiger partial charge is 0.469 e. The van der Waals surface area contributed by atoms with E-state index in [0.29, 0.717) is 5.76 Å². The first-order chi connectivity index (χ1) is 8.79. The van der Waals surface area contributed by atoms with E-state index < -0.39 is 24.7 Å². The van der Waals surface area contributed by atoms with Gasteiger partial charge in [0.15, 0.2) is 0 Å². The van der Waals surface area contributed by atoms with Crippen LogP contribution in [0.1, 0.15) is 35.9 Å². The standard InChI is InChI=1S/C13H16F3NO2/c1-8(10-3-4-10)17(7-13(14,15)16)12(18)11-5-6-19-9(11)2/h5-6,8,10H,3-4,7H2,1-2H3/t8-/m1/s1. The molecule has 0 aliphatic heterocycles. The maximum Gasteiger partial charge on any atom is 0.406 e. The van der Waals surface area contributed by atoms with Crippen molar-refractivity contribution in [3.8, 4) is 0 Å². The van der Waals surface area contributed by atoms with Crippen LogP contribution in [0.4, 0.5) is 13.2 Å². The Morgan fingerprint density at radius 2 is 2.16 bits per heavy atom. The molecule has 1 amide bonds. The Hall–Kier alpha value is -1.46. The molecule has 106 valence electrons. The summed E-state index contributed by atoms with van der Waals surface area (Å²) in [6.45, 7) is 2.03. The number of hydrogen-bond donors (Lipinski definition) is 0. The third-order valence-electron chi connectivity index (χ3n) is 3.50. The maximum atomic E-state index is 12.6. The first kappa shape index (κ1) is 14.0. The van der Waals surface area contributed by atoms with E-state index >= 15 is 0 Å². The molecule has 1 fully saturated rings. The van der Waals surface area contributed by atoms with Gasteiger partial charge in [0.1, 0.15) is 12.3 Å². The molecule has 19 heavy (non-hydrogen) atoms. The number of carbonyl (C=O) groups excluding carboxylic acids is 1. The van der Waals surface area contributed by atoms with E-state index in [1.54, 1.807) is 13.8 Å². The Morgan fingerprint density at radius 1 is 1.53 bits per heavy atom. The van der Waals surface area contributed by atoms with Crippen molar-refractivity contribution >= 4 is 5.91 Å². The van der Waals surface area contributed by atoms with Crippen LogP contribution in [0.15, 0.2) is 16.7 Å². The minimum atomic E-state index is -4.39. The second-order valence-electron chi connectivity index (χ2n) is 5.02. The second kappa shape index (κ2) is 4.90. The zero-order chi connectivity index (χ0) is 14.2. The Balaban J connectivity index is 2.21. The number of hydrogen-bond acceptors (Lipinski definition) is 2. The van der Waals surface area contributed by atoms with Crippen molar-refractivity contribution in [3.63, 3.8) is 0 Å². The summed E-state index contributed by atoms with van der Waals surface area (Å²) in [5, 5.41) is 0. The molecule has 1 aromatic rings. The summed E-state index contributed by atoms with van der Waals surface area (Å²) in [6, 6.07) is 1.02. The predicted octanol–water partition coefficient (Wildman–Crippen LogP) is 3.39. The quantitative estimate of drug-likeness (QED) is 0.844. The molecule has 3 nitrogen and oxygen atoms in total. The Morgan fingerprint density at radius 3 is 2.58 bits per heavy atom. The van der Waals surface area contributed by atoms with Gasteiger partial charge < -0.3 is 9.32 Å². The van der Waals surface area contributed by atoms with Crippen LogP contribution in [0.5, 0.6) is 0 Å². The van der Waals surface area contributed by atoms with Gasteiger partial charge >= 0.3 is 6.18 Å². The molecule has 0 radical (unpaired) electrons. The zero-order valence-electron chi connectivity index (χ0n) is 10.8. The summed E-state index contributed by atoms with van der Waals surface area (Å²) >= 11 is 0. The molecular formula is C13H16F3NO2. The molecule has 1 aliphatic carbocycles. The molecular weight excluding hydrogens is 259 g/mol. The van der Waals surface area contributed by atoms with E-state index in [2.05, 4.69) is 0 Å². The molecule has 2 rings (SSSR count). The third kappa shape index (κ3) is 3.30. The molecule has 0 bridgehead atoms. The van der Waals surface area contributed by atoms with Gasteiger partial charge in [-0.25, -0.2) is 0 Å². The highest BCUT2D eigenvalue weighted by Crippen LogP contribution is 2.36. The number of alkyl halides is 3. The second-order valence-corrected chi connectivity index (χ2v) is 5.02.